The van der Waals surface area contributed by atoms with Gasteiger partial charge in [0.25, 0.3) is 0 Å². The molecule has 0 fully saturated rings. The van der Waals surface area contributed by atoms with E-state index in [0.29, 0.717) is 0 Å². The molecular formula is C15H20Cl2Zr. The van der Waals surface area contributed by atoms with Gasteiger partial charge in [-0.3, -0.25) is 0 Å². The number of unbranched alkanes of at least 4 members (excludes halogenated alkanes) is 2. The first-order valence-electron chi connectivity index (χ1n) is 5.80. The maximum atomic E-state index is 2.24. The normalized spacial score (nSPS) is 7.83. The van der Waals surface area contributed by atoms with Gasteiger partial charge in [0, 0.05) is 0 Å². The Labute approximate surface area is 143 Å². The van der Waals surface area contributed by atoms with Gasteiger partial charge in [-0.1, -0.05) is 32.6 Å². The largest absolute Gasteiger partial charge is 4.00 e. The van der Waals surface area contributed by atoms with Crippen LogP contribution in [0.4, 0.5) is 0 Å². The van der Waals surface area contributed by atoms with Gasteiger partial charge in [-0.25, -0.2) is 24.3 Å². The van der Waals surface area contributed by atoms with Crippen molar-refractivity contribution in [2.45, 2.75) is 32.6 Å². The zero-order valence-corrected chi connectivity index (χ0v) is 14.8. The first-order valence-corrected chi connectivity index (χ1v) is 5.80. The molecule has 98 valence electrons. The molecule has 0 amide bonds. The van der Waals surface area contributed by atoms with E-state index in [1.165, 1.54) is 31.2 Å². The summed E-state index contributed by atoms with van der Waals surface area (Å²) in [5.74, 6) is 0. The van der Waals surface area contributed by atoms with Crippen molar-refractivity contribution in [3.05, 3.63) is 60.2 Å². The smallest absolute Gasteiger partial charge is 1.00 e. The second-order valence-electron chi connectivity index (χ2n) is 3.71. The van der Waals surface area contributed by atoms with Crippen LogP contribution < -0.4 is 24.8 Å². The first-order chi connectivity index (χ1) is 7.43. The number of rotatable bonds is 4. The molecule has 0 aliphatic heterocycles. The molecule has 0 saturated carbocycles. The standard InChI is InChI=1S/C10H15.C5H5.2ClH.Zr/c1-2-3-4-7-10-8-5-6-9-10;1-2-4-5-3-1;;;/h5-6,8-9H,2-4,7H2,1H3;1-5H;2*1H;/q2*-1;;;+4/p-2. The Balaban J connectivity index is -0.000000245. The van der Waals surface area contributed by atoms with Gasteiger partial charge in [-0.2, -0.15) is 35.9 Å². The molecule has 18 heavy (non-hydrogen) atoms. The molecule has 0 heterocycles. The summed E-state index contributed by atoms with van der Waals surface area (Å²) in [5.41, 5.74) is 1.49. The Hall–Kier alpha value is 0.163. The van der Waals surface area contributed by atoms with Crippen LogP contribution in [-0.4, -0.2) is 0 Å². The SMILES string of the molecule is CCCCC[c-]1cccc1.[Cl-].[Cl-].[Zr+4].c1cc[cH-]c1. The van der Waals surface area contributed by atoms with E-state index in [1.807, 2.05) is 30.3 Å². The fourth-order valence-electron chi connectivity index (χ4n) is 1.48. The summed E-state index contributed by atoms with van der Waals surface area (Å²) in [6.45, 7) is 2.24. The molecule has 0 atom stereocenters. The molecule has 0 unspecified atom stereocenters. The Morgan fingerprint density at radius 1 is 0.889 bits per heavy atom. The molecular weight excluding hydrogens is 342 g/mol. The maximum Gasteiger partial charge on any atom is 4.00 e. The van der Waals surface area contributed by atoms with E-state index in [0.717, 1.165) is 0 Å². The Bertz CT molecular complexity index is 284. The van der Waals surface area contributed by atoms with E-state index in [4.69, 9.17) is 0 Å². The van der Waals surface area contributed by atoms with Crippen molar-refractivity contribution in [2.75, 3.05) is 0 Å². The molecule has 0 aromatic heterocycles. The summed E-state index contributed by atoms with van der Waals surface area (Å²) in [6, 6.07) is 18.6. The molecule has 3 heteroatoms. The van der Waals surface area contributed by atoms with Crippen LogP contribution in [0.2, 0.25) is 0 Å². The molecule has 0 spiro atoms. The van der Waals surface area contributed by atoms with Crippen LogP contribution in [-0.2, 0) is 32.6 Å². The van der Waals surface area contributed by atoms with E-state index in [2.05, 4.69) is 31.2 Å². The molecule has 0 N–H and O–H groups in total. The van der Waals surface area contributed by atoms with Crippen molar-refractivity contribution in [2.24, 2.45) is 0 Å². The third-order valence-electron chi connectivity index (χ3n) is 2.36. The fraction of sp³-hybridized carbons (Fsp3) is 0.333. The Morgan fingerprint density at radius 2 is 1.44 bits per heavy atom. The first kappa shape index (κ1) is 23.3. The summed E-state index contributed by atoms with van der Waals surface area (Å²) in [4.78, 5) is 0. The average molecular weight is 362 g/mol. The Morgan fingerprint density at radius 3 is 1.83 bits per heavy atom. The average Bonchev–Trinajstić information content (AvgIpc) is 2.94. The predicted molar refractivity (Wildman–Crippen MR) is 67.3 cm³/mol. The predicted octanol–water partition coefficient (Wildman–Crippen LogP) is -1.45. The van der Waals surface area contributed by atoms with Crippen LogP contribution in [0, 0.1) is 0 Å². The van der Waals surface area contributed by atoms with E-state index >= 15 is 0 Å². The van der Waals surface area contributed by atoms with E-state index in [1.54, 1.807) is 0 Å². The molecule has 0 saturated heterocycles. The van der Waals surface area contributed by atoms with Gasteiger partial charge in [0.2, 0.25) is 0 Å². The van der Waals surface area contributed by atoms with Crippen molar-refractivity contribution in [3.63, 3.8) is 0 Å². The second kappa shape index (κ2) is 17.2. The van der Waals surface area contributed by atoms with Crippen molar-refractivity contribution in [1.29, 1.82) is 0 Å². The van der Waals surface area contributed by atoms with Gasteiger partial charge in [0.1, 0.15) is 0 Å². The minimum atomic E-state index is 0. The van der Waals surface area contributed by atoms with Crippen molar-refractivity contribution < 1.29 is 51.0 Å². The van der Waals surface area contributed by atoms with Gasteiger partial charge in [-0.15, -0.1) is 0 Å². The number of hydrogen-bond donors (Lipinski definition) is 0. The van der Waals surface area contributed by atoms with Gasteiger partial charge >= 0.3 is 26.2 Å². The monoisotopic (exact) mass is 360 g/mol. The van der Waals surface area contributed by atoms with Crippen LogP contribution in [0.1, 0.15) is 31.7 Å². The zero-order valence-electron chi connectivity index (χ0n) is 10.8. The number of halogens is 2. The second-order valence-corrected chi connectivity index (χ2v) is 3.71. The third-order valence-corrected chi connectivity index (χ3v) is 2.36. The van der Waals surface area contributed by atoms with Crippen molar-refractivity contribution in [1.82, 2.24) is 0 Å². The molecule has 2 aromatic carbocycles. The number of aryl methyl sites for hydroxylation is 1. The Kier molecular flexibility index (Phi) is 22.2. The summed E-state index contributed by atoms with van der Waals surface area (Å²) >= 11 is 0. The molecule has 0 bridgehead atoms. The van der Waals surface area contributed by atoms with Crippen LogP contribution >= 0.6 is 0 Å². The van der Waals surface area contributed by atoms with Crippen LogP contribution in [0.5, 0.6) is 0 Å². The summed E-state index contributed by atoms with van der Waals surface area (Å²) in [7, 11) is 0. The molecule has 0 aliphatic carbocycles. The van der Waals surface area contributed by atoms with Crippen LogP contribution in [0.3, 0.4) is 0 Å². The molecule has 2 aromatic rings. The summed E-state index contributed by atoms with van der Waals surface area (Å²) in [6.07, 6.45) is 5.30. The molecule has 2 rings (SSSR count). The summed E-state index contributed by atoms with van der Waals surface area (Å²) in [5, 5.41) is 0. The van der Waals surface area contributed by atoms with E-state index in [9.17, 15) is 0 Å². The van der Waals surface area contributed by atoms with Crippen molar-refractivity contribution >= 4 is 0 Å². The number of hydrogen-bond acceptors (Lipinski definition) is 0. The third kappa shape index (κ3) is 12.6. The quantitative estimate of drug-likeness (QED) is 0.461. The molecule has 0 aliphatic rings. The van der Waals surface area contributed by atoms with Gasteiger partial charge < -0.3 is 24.8 Å². The zero-order chi connectivity index (χ0) is 10.8. The maximum absolute atomic E-state index is 2.24. The van der Waals surface area contributed by atoms with Gasteiger partial charge in [0.15, 0.2) is 0 Å². The molecule has 0 nitrogen and oxygen atoms in total. The van der Waals surface area contributed by atoms with E-state index < -0.39 is 0 Å². The molecule has 0 radical (unpaired) electrons. The minimum Gasteiger partial charge on any atom is -1.00 e. The topological polar surface area (TPSA) is 0 Å². The van der Waals surface area contributed by atoms with Crippen LogP contribution in [0.25, 0.3) is 0 Å². The van der Waals surface area contributed by atoms with Crippen molar-refractivity contribution in [3.8, 4) is 0 Å². The van der Waals surface area contributed by atoms with E-state index in [-0.39, 0.29) is 51.0 Å². The summed E-state index contributed by atoms with van der Waals surface area (Å²) < 4.78 is 0. The van der Waals surface area contributed by atoms with Gasteiger partial charge in [0.05, 0.1) is 0 Å². The minimum absolute atomic E-state index is 0. The fourth-order valence-corrected chi connectivity index (χ4v) is 1.48. The van der Waals surface area contributed by atoms with Crippen LogP contribution in [0.15, 0.2) is 54.6 Å². The van der Waals surface area contributed by atoms with Gasteiger partial charge in [-0.05, 0) is 0 Å².